The van der Waals surface area contributed by atoms with Crippen LogP contribution in [0.1, 0.15) is 26.3 Å². The van der Waals surface area contributed by atoms with Gasteiger partial charge in [-0.15, -0.1) is 0 Å². The van der Waals surface area contributed by atoms with E-state index in [9.17, 15) is 18.5 Å². The Morgan fingerprint density at radius 1 is 1.07 bits per heavy atom. The number of benzene rings is 3. The molecule has 1 aromatic heterocycles. The molecule has 11 heteroatoms. The zero-order chi connectivity index (χ0) is 31.3. The number of carbonyl (C=O) groups excluding carboxylic acids is 1. The first-order valence-corrected chi connectivity index (χ1v) is 15.7. The summed E-state index contributed by atoms with van der Waals surface area (Å²) >= 11 is 0. The van der Waals surface area contributed by atoms with Crippen LogP contribution in [0.4, 0.5) is 5.69 Å². The second-order valence-electron chi connectivity index (χ2n) is 10.4. The van der Waals surface area contributed by atoms with Gasteiger partial charge in [-0.25, -0.2) is 13.1 Å². The van der Waals surface area contributed by atoms with Crippen molar-refractivity contribution in [2.75, 3.05) is 25.0 Å². The van der Waals surface area contributed by atoms with E-state index in [1.807, 2.05) is 57.2 Å². The first kappa shape index (κ1) is 30.7. The molecule has 1 aliphatic rings. The predicted molar refractivity (Wildman–Crippen MR) is 168 cm³/mol. The van der Waals surface area contributed by atoms with E-state index in [1.54, 1.807) is 59.4 Å². The van der Waals surface area contributed by atoms with E-state index in [4.69, 9.17) is 14.6 Å². The van der Waals surface area contributed by atoms with E-state index in [-0.39, 0.29) is 35.8 Å². The number of hydrogen-bond donors (Lipinski definition) is 1. The number of nitrogens with one attached hydrogen (secondary N) is 1. The van der Waals surface area contributed by atoms with Gasteiger partial charge in [-0.2, -0.15) is 14.7 Å². The zero-order valence-corrected chi connectivity index (χ0v) is 25.5. The number of hydrogen-bond acceptors (Lipinski definition) is 7. The van der Waals surface area contributed by atoms with E-state index >= 15 is 0 Å². The molecule has 0 aliphatic carbocycles. The number of sulfonamides is 1. The second kappa shape index (κ2) is 13.3. The molecule has 0 spiro atoms. The first-order chi connectivity index (χ1) is 21.2. The lowest BCUT2D eigenvalue weighted by molar-refractivity contribution is -0.112. The molecule has 10 nitrogen and oxygen atoms in total. The minimum absolute atomic E-state index is 0.120. The van der Waals surface area contributed by atoms with Crippen molar-refractivity contribution in [3.63, 3.8) is 0 Å². The summed E-state index contributed by atoms with van der Waals surface area (Å²) in [6, 6.07) is 24.7. The van der Waals surface area contributed by atoms with Gasteiger partial charge in [-0.05, 0) is 75.4 Å². The Hall–Kier alpha value is -4.76. The number of nitrogens with zero attached hydrogens (tertiary/aromatic N) is 4. The molecule has 5 rings (SSSR count). The van der Waals surface area contributed by atoms with Crippen LogP contribution >= 0.6 is 0 Å². The highest BCUT2D eigenvalue weighted by molar-refractivity contribution is 7.89. The van der Waals surface area contributed by atoms with Crippen molar-refractivity contribution in [3.8, 4) is 28.8 Å². The van der Waals surface area contributed by atoms with Gasteiger partial charge in [0.2, 0.25) is 10.0 Å². The first-order valence-electron chi connectivity index (χ1n) is 14.2. The highest BCUT2D eigenvalue weighted by Crippen LogP contribution is 2.30. The molecule has 2 heterocycles. The Morgan fingerprint density at radius 2 is 1.77 bits per heavy atom. The van der Waals surface area contributed by atoms with Crippen molar-refractivity contribution in [2.45, 2.75) is 37.9 Å². The molecule has 1 saturated heterocycles. The molecule has 4 aromatic rings. The third-order valence-corrected chi connectivity index (χ3v) is 8.81. The molecule has 3 aromatic carbocycles. The number of carbonyl (C=O) groups is 1. The predicted octanol–water partition coefficient (Wildman–Crippen LogP) is 5.28. The standard InChI is InChI=1S/C33H33N5O5S/c1-4-42-30-15-13-28(14-16-30)35-33(39)26(19-34)17-27-22-38(29-10-6-5-7-11-29)36-32(27)25-9-8-12-31(18-25)44(40,41)37-20-23(2)43-24(3)21-37/h5-18,22-24H,4,20-21H2,1-3H3,(H,35,39)/b26-17-. The molecule has 0 saturated carbocycles. The topological polar surface area (TPSA) is 127 Å². The molecule has 2 unspecified atom stereocenters. The minimum atomic E-state index is -3.82. The average molecular weight is 612 g/mol. The van der Waals surface area contributed by atoms with Crippen LogP contribution in [0, 0.1) is 11.3 Å². The molecule has 1 aliphatic heterocycles. The van der Waals surface area contributed by atoms with Crippen LogP contribution < -0.4 is 10.1 Å². The number of morpholine rings is 1. The van der Waals surface area contributed by atoms with Crippen molar-refractivity contribution in [1.29, 1.82) is 5.26 Å². The minimum Gasteiger partial charge on any atom is -0.494 e. The van der Waals surface area contributed by atoms with Crippen molar-refractivity contribution in [2.24, 2.45) is 0 Å². The van der Waals surface area contributed by atoms with Crippen molar-refractivity contribution >= 4 is 27.7 Å². The molecule has 2 atom stereocenters. The zero-order valence-electron chi connectivity index (χ0n) is 24.7. The van der Waals surface area contributed by atoms with E-state index in [2.05, 4.69) is 5.32 Å². The van der Waals surface area contributed by atoms with Crippen LogP contribution in [-0.2, 0) is 19.6 Å². The summed E-state index contributed by atoms with van der Waals surface area (Å²) in [7, 11) is -3.82. The normalized spacial score (nSPS) is 17.5. The van der Waals surface area contributed by atoms with Gasteiger partial charge in [0.15, 0.2) is 0 Å². The number of ether oxygens (including phenoxy) is 2. The van der Waals surface area contributed by atoms with Crippen molar-refractivity contribution < 1.29 is 22.7 Å². The Kier molecular flexibility index (Phi) is 9.25. The van der Waals surface area contributed by atoms with Gasteiger partial charge in [0.25, 0.3) is 5.91 Å². The Labute approximate surface area is 257 Å². The van der Waals surface area contributed by atoms with E-state index in [0.717, 1.165) is 5.69 Å². The summed E-state index contributed by atoms with van der Waals surface area (Å²) in [4.78, 5) is 13.3. The molecular formula is C33H33N5O5S. The molecule has 1 N–H and O–H groups in total. The lowest BCUT2D eigenvalue weighted by Crippen LogP contribution is -2.48. The lowest BCUT2D eigenvalue weighted by Gasteiger charge is -2.34. The largest absolute Gasteiger partial charge is 0.494 e. The van der Waals surface area contributed by atoms with E-state index in [1.165, 1.54) is 10.4 Å². The van der Waals surface area contributed by atoms with E-state index < -0.39 is 15.9 Å². The summed E-state index contributed by atoms with van der Waals surface area (Å²) in [6.07, 6.45) is 2.71. The van der Waals surface area contributed by atoms with Crippen LogP contribution in [0.2, 0.25) is 0 Å². The molecule has 0 bridgehead atoms. The average Bonchev–Trinajstić information content (AvgIpc) is 3.45. The van der Waals surface area contributed by atoms with Gasteiger partial charge in [0, 0.05) is 36.1 Å². The van der Waals surface area contributed by atoms with Gasteiger partial charge in [-0.3, -0.25) is 4.79 Å². The van der Waals surface area contributed by atoms with Crippen molar-refractivity contribution in [3.05, 3.63) is 96.2 Å². The van der Waals surface area contributed by atoms with Gasteiger partial charge in [-0.1, -0.05) is 30.3 Å². The van der Waals surface area contributed by atoms with Crippen LogP contribution in [0.15, 0.2) is 95.5 Å². The fourth-order valence-electron chi connectivity index (χ4n) is 5.01. The monoisotopic (exact) mass is 611 g/mol. The second-order valence-corrected chi connectivity index (χ2v) is 12.3. The fraction of sp³-hybridized carbons (Fsp3) is 0.242. The molecular weight excluding hydrogens is 578 g/mol. The third-order valence-electron chi connectivity index (χ3n) is 6.98. The Morgan fingerprint density at radius 3 is 2.43 bits per heavy atom. The lowest BCUT2D eigenvalue weighted by atomic mass is 10.1. The SMILES string of the molecule is CCOc1ccc(NC(=O)/C(C#N)=C\c2cn(-c3ccccc3)nc2-c2cccc(S(=O)(=O)N3CC(C)OC(C)C3)c2)cc1. The fourth-order valence-corrected chi connectivity index (χ4v) is 6.65. The highest BCUT2D eigenvalue weighted by atomic mass is 32.2. The maximum Gasteiger partial charge on any atom is 0.266 e. The summed E-state index contributed by atoms with van der Waals surface area (Å²) in [5.41, 5.74) is 2.51. The number of aromatic nitrogens is 2. The Balaban J connectivity index is 1.52. The van der Waals surface area contributed by atoms with Crippen LogP contribution in [-0.4, -0.2) is 60.3 Å². The van der Waals surface area contributed by atoms with Crippen molar-refractivity contribution in [1.82, 2.24) is 14.1 Å². The molecule has 226 valence electrons. The third kappa shape index (κ3) is 6.89. The number of para-hydroxylation sites is 1. The number of nitriles is 1. The van der Waals surface area contributed by atoms with Gasteiger partial charge < -0.3 is 14.8 Å². The summed E-state index contributed by atoms with van der Waals surface area (Å²) in [6.45, 7) is 6.61. The maximum atomic E-state index is 13.6. The summed E-state index contributed by atoms with van der Waals surface area (Å²) < 4.78 is 41.5. The maximum absolute atomic E-state index is 13.6. The summed E-state index contributed by atoms with van der Waals surface area (Å²) in [5.74, 6) is 0.0726. The van der Waals surface area contributed by atoms with Gasteiger partial charge in [0.1, 0.15) is 23.1 Å². The molecule has 44 heavy (non-hydrogen) atoms. The molecule has 1 fully saturated rings. The van der Waals surface area contributed by atoms with Gasteiger partial charge >= 0.3 is 0 Å². The quantitative estimate of drug-likeness (QED) is 0.202. The van der Waals surface area contributed by atoms with Crippen LogP contribution in [0.3, 0.4) is 0 Å². The van der Waals surface area contributed by atoms with E-state index in [0.29, 0.717) is 34.9 Å². The summed E-state index contributed by atoms with van der Waals surface area (Å²) in [5, 5.41) is 17.5. The smallest absolute Gasteiger partial charge is 0.266 e. The Bertz CT molecular complexity index is 1800. The van der Waals surface area contributed by atoms with Crippen LogP contribution in [0.5, 0.6) is 5.75 Å². The number of anilines is 1. The van der Waals surface area contributed by atoms with Crippen LogP contribution in [0.25, 0.3) is 23.0 Å². The molecule has 1 amide bonds. The molecule has 0 radical (unpaired) electrons. The highest BCUT2D eigenvalue weighted by Gasteiger charge is 2.32. The van der Waals surface area contributed by atoms with Gasteiger partial charge in [0.05, 0.1) is 29.4 Å². The number of rotatable bonds is 9. The number of amides is 1.